The van der Waals surface area contributed by atoms with E-state index in [9.17, 15) is 8.42 Å². The molecule has 3 nitrogen and oxygen atoms in total. The zero-order valence-corrected chi connectivity index (χ0v) is 12.8. The second-order valence-electron chi connectivity index (χ2n) is 3.76. The second kappa shape index (κ2) is 5.48. The molecule has 0 aliphatic carbocycles. The first-order valence-electron chi connectivity index (χ1n) is 5.04. The Hall–Kier alpha value is 0.250. The first kappa shape index (κ1) is 13.7. The topological polar surface area (TPSA) is 46.2 Å². The van der Waals surface area contributed by atoms with Crippen molar-refractivity contribution in [3.8, 4) is 0 Å². The monoisotopic (exact) mass is 355 g/mol. The molecule has 1 fully saturated rings. The molecule has 7 heteroatoms. The van der Waals surface area contributed by atoms with Gasteiger partial charge >= 0.3 is 0 Å². The molecular weight excluding hydrogens is 346 g/mol. The molecule has 0 radical (unpaired) electrons. The third-order valence-electron chi connectivity index (χ3n) is 2.45. The Kier molecular flexibility index (Phi) is 4.41. The molecule has 0 amide bonds. The fraction of sp³-hybridized carbons (Fsp3) is 0.400. The molecule has 0 aromatic heterocycles. The zero-order valence-electron chi connectivity index (χ0n) is 8.82. The number of hydrogen-bond acceptors (Lipinski definition) is 3. The smallest absolute Gasteiger partial charge is 0.207 e. The predicted octanol–water partition coefficient (Wildman–Crippen LogP) is 2.89. The quantitative estimate of drug-likeness (QED) is 0.906. The molecule has 1 aliphatic rings. The third kappa shape index (κ3) is 3.38. The van der Waals surface area contributed by atoms with Crippen LogP contribution in [0.15, 0.2) is 27.6 Å². The highest BCUT2D eigenvalue weighted by molar-refractivity contribution is 9.10. The van der Waals surface area contributed by atoms with Crippen molar-refractivity contribution in [2.24, 2.45) is 0 Å². The SMILES string of the molecule is O=S(=O)(NC1CCSC1)c1ccc(Cl)c(Br)c1. The molecule has 1 unspecified atom stereocenters. The van der Waals surface area contributed by atoms with Gasteiger partial charge in [-0.1, -0.05) is 11.6 Å². The average molecular weight is 357 g/mol. The number of thioether (sulfide) groups is 1. The largest absolute Gasteiger partial charge is 0.240 e. The lowest BCUT2D eigenvalue weighted by atomic mass is 10.3. The van der Waals surface area contributed by atoms with Gasteiger partial charge in [0.2, 0.25) is 10.0 Å². The zero-order chi connectivity index (χ0) is 12.5. The van der Waals surface area contributed by atoms with E-state index in [4.69, 9.17) is 11.6 Å². The number of halogens is 2. The standard InChI is InChI=1S/C10H11BrClNO2S2/c11-9-5-8(1-2-10(9)12)17(14,15)13-7-3-4-16-6-7/h1-2,5,7,13H,3-4,6H2. The number of benzene rings is 1. The van der Waals surface area contributed by atoms with Crippen LogP contribution in [-0.2, 0) is 10.0 Å². The molecule has 0 saturated carbocycles. The molecule has 1 aliphatic heterocycles. The summed E-state index contributed by atoms with van der Waals surface area (Å²) < 4.78 is 27.4. The Labute approximate surface area is 118 Å². The maximum atomic E-state index is 12.1. The summed E-state index contributed by atoms with van der Waals surface area (Å²) in [5, 5.41) is 0.500. The maximum Gasteiger partial charge on any atom is 0.240 e. The van der Waals surface area contributed by atoms with Crippen LogP contribution in [0.4, 0.5) is 0 Å². The highest BCUT2D eigenvalue weighted by Crippen LogP contribution is 2.26. The van der Waals surface area contributed by atoms with Gasteiger partial charge in [0, 0.05) is 16.3 Å². The van der Waals surface area contributed by atoms with Crippen LogP contribution in [0.1, 0.15) is 6.42 Å². The van der Waals surface area contributed by atoms with Gasteiger partial charge in [-0.15, -0.1) is 0 Å². The fourth-order valence-corrected chi connectivity index (χ4v) is 4.76. The van der Waals surface area contributed by atoms with Crippen molar-refractivity contribution in [2.75, 3.05) is 11.5 Å². The number of rotatable bonds is 3. The number of sulfonamides is 1. The van der Waals surface area contributed by atoms with Crippen molar-refractivity contribution in [2.45, 2.75) is 17.4 Å². The van der Waals surface area contributed by atoms with Crippen LogP contribution in [0, 0.1) is 0 Å². The first-order valence-corrected chi connectivity index (χ1v) is 8.85. The van der Waals surface area contributed by atoms with Crippen LogP contribution in [0.5, 0.6) is 0 Å². The molecule has 0 spiro atoms. The second-order valence-corrected chi connectivity index (χ2v) is 7.88. The van der Waals surface area contributed by atoms with Gasteiger partial charge in [-0.05, 0) is 46.3 Å². The summed E-state index contributed by atoms with van der Waals surface area (Å²) in [6, 6.07) is 4.65. The molecule has 17 heavy (non-hydrogen) atoms. The minimum absolute atomic E-state index is 0.0412. The average Bonchev–Trinajstić information content (AvgIpc) is 2.73. The van der Waals surface area contributed by atoms with Crippen LogP contribution >= 0.6 is 39.3 Å². The lowest BCUT2D eigenvalue weighted by Crippen LogP contribution is -2.34. The lowest BCUT2D eigenvalue weighted by molar-refractivity contribution is 0.563. The van der Waals surface area contributed by atoms with Gasteiger partial charge in [0.25, 0.3) is 0 Å². The van der Waals surface area contributed by atoms with Gasteiger partial charge in [0.15, 0.2) is 0 Å². The van der Waals surface area contributed by atoms with Crippen LogP contribution in [-0.4, -0.2) is 26.0 Å². The Balaban J connectivity index is 2.21. The Morgan fingerprint density at radius 3 is 2.82 bits per heavy atom. The molecule has 1 N–H and O–H groups in total. The van der Waals surface area contributed by atoms with Gasteiger partial charge < -0.3 is 0 Å². The normalized spacial score (nSPS) is 20.7. The van der Waals surface area contributed by atoms with E-state index >= 15 is 0 Å². The minimum Gasteiger partial charge on any atom is -0.207 e. The van der Waals surface area contributed by atoms with Crippen molar-refractivity contribution in [3.05, 3.63) is 27.7 Å². The molecule has 1 aromatic rings. The van der Waals surface area contributed by atoms with E-state index in [0.29, 0.717) is 9.50 Å². The van der Waals surface area contributed by atoms with Crippen molar-refractivity contribution in [1.29, 1.82) is 0 Å². The highest BCUT2D eigenvalue weighted by Gasteiger charge is 2.23. The molecule has 0 bridgehead atoms. The van der Waals surface area contributed by atoms with Gasteiger partial charge in [-0.3, -0.25) is 0 Å². The molecule has 1 aromatic carbocycles. The molecule has 1 atom stereocenters. The van der Waals surface area contributed by atoms with Gasteiger partial charge in [-0.2, -0.15) is 11.8 Å². The summed E-state index contributed by atoms with van der Waals surface area (Å²) in [7, 11) is -3.43. The van der Waals surface area contributed by atoms with Crippen molar-refractivity contribution in [1.82, 2.24) is 4.72 Å². The van der Waals surface area contributed by atoms with Crippen LogP contribution in [0.2, 0.25) is 5.02 Å². The van der Waals surface area contributed by atoms with Crippen molar-refractivity contribution < 1.29 is 8.42 Å². The summed E-state index contributed by atoms with van der Waals surface area (Å²) in [6.07, 6.45) is 0.888. The summed E-state index contributed by atoms with van der Waals surface area (Å²) in [4.78, 5) is 0.241. The van der Waals surface area contributed by atoms with Crippen LogP contribution < -0.4 is 4.72 Å². The van der Waals surface area contributed by atoms with E-state index in [1.54, 1.807) is 17.8 Å². The fourth-order valence-electron chi connectivity index (χ4n) is 1.56. The van der Waals surface area contributed by atoms with E-state index in [1.807, 2.05) is 0 Å². The number of hydrogen-bond donors (Lipinski definition) is 1. The summed E-state index contributed by atoms with van der Waals surface area (Å²) >= 11 is 10.8. The number of nitrogens with one attached hydrogen (secondary N) is 1. The summed E-state index contributed by atoms with van der Waals surface area (Å²) in [5.74, 6) is 1.85. The van der Waals surface area contributed by atoms with E-state index in [2.05, 4.69) is 20.7 Å². The highest BCUT2D eigenvalue weighted by atomic mass is 79.9. The van der Waals surface area contributed by atoms with Gasteiger partial charge in [-0.25, -0.2) is 13.1 Å². The molecule has 94 valence electrons. The Bertz CT molecular complexity index is 515. The van der Waals surface area contributed by atoms with E-state index in [-0.39, 0.29) is 10.9 Å². The van der Waals surface area contributed by atoms with E-state index < -0.39 is 10.0 Å². The summed E-state index contributed by atoms with van der Waals surface area (Å²) in [5.41, 5.74) is 0. The molecule has 1 heterocycles. The Morgan fingerprint density at radius 2 is 2.24 bits per heavy atom. The predicted molar refractivity (Wildman–Crippen MR) is 75.2 cm³/mol. The molecular formula is C10H11BrClNO2S2. The molecule has 2 rings (SSSR count). The van der Waals surface area contributed by atoms with Crippen LogP contribution in [0.3, 0.4) is 0 Å². The van der Waals surface area contributed by atoms with Gasteiger partial charge in [0.1, 0.15) is 0 Å². The first-order chi connectivity index (χ1) is 7.99. The minimum atomic E-state index is -3.43. The maximum absolute atomic E-state index is 12.1. The van der Waals surface area contributed by atoms with Crippen LogP contribution in [0.25, 0.3) is 0 Å². The molecule has 1 saturated heterocycles. The lowest BCUT2D eigenvalue weighted by Gasteiger charge is -2.12. The third-order valence-corrected chi connectivity index (χ3v) is 6.35. The van der Waals surface area contributed by atoms with E-state index in [1.165, 1.54) is 12.1 Å². The van der Waals surface area contributed by atoms with Gasteiger partial charge in [0.05, 0.1) is 9.92 Å². The van der Waals surface area contributed by atoms with E-state index in [0.717, 1.165) is 17.9 Å². The summed E-state index contributed by atoms with van der Waals surface area (Å²) in [6.45, 7) is 0. The van der Waals surface area contributed by atoms with Crippen molar-refractivity contribution in [3.63, 3.8) is 0 Å². The van der Waals surface area contributed by atoms with Crippen molar-refractivity contribution >= 4 is 49.3 Å². The Morgan fingerprint density at radius 1 is 1.47 bits per heavy atom.